The summed E-state index contributed by atoms with van der Waals surface area (Å²) in [4.78, 5) is 33.6. The van der Waals surface area contributed by atoms with Crippen LogP contribution in [0.3, 0.4) is 0 Å². The summed E-state index contributed by atoms with van der Waals surface area (Å²) in [6, 6.07) is 0. The molecule has 0 radical (unpaired) electrons. The van der Waals surface area contributed by atoms with Gasteiger partial charge in [0.15, 0.2) is 0 Å². The minimum absolute atomic E-state index is 0.0392. The SMILES string of the molecule is CCc1nc(C)c(C(=O)N2CCCC(c3n[nH]c(=O)[nH]3)C2)s1. The van der Waals surface area contributed by atoms with Gasteiger partial charge in [-0.15, -0.1) is 11.3 Å². The first kappa shape index (κ1) is 15.0. The molecule has 1 amide bonds. The van der Waals surface area contributed by atoms with Gasteiger partial charge in [0.1, 0.15) is 10.7 Å². The Kier molecular flexibility index (Phi) is 4.10. The summed E-state index contributed by atoms with van der Waals surface area (Å²) in [7, 11) is 0. The van der Waals surface area contributed by atoms with Crippen LogP contribution < -0.4 is 5.69 Å². The average molecular weight is 321 g/mol. The van der Waals surface area contributed by atoms with Gasteiger partial charge in [-0.3, -0.25) is 9.78 Å². The second-order valence-corrected chi connectivity index (χ2v) is 6.61. The standard InChI is InChI=1S/C14H19N5O2S/c1-3-10-15-8(2)11(22-10)13(20)19-6-4-5-9(7-19)12-16-14(21)18-17-12/h9H,3-7H2,1-2H3,(H2,16,17,18,21). The van der Waals surface area contributed by atoms with Gasteiger partial charge >= 0.3 is 5.69 Å². The van der Waals surface area contributed by atoms with Gasteiger partial charge in [-0.05, 0) is 26.2 Å². The second-order valence-electron chi connectivity index (χ2n) is 5.53. The van der Waals surface area contributed by atoms with Crippen molar-refractivity contribution in [2.24, 2.45) is 0 Å². The van der Waals surface area contributed by atoms with E-state index < -0.39 is 0 Å². The normalized spacial score (nSPS) is 18.6. The van der Waals surface area contributed by atoms with Crippen molar-refractivity contribution < 1.29 is 4.79 Å². The van der Waals surface area contributed by atoms with Gasteiger partial charge in [-0.2, -0.15) is 5.10 Å². The Labute approximate surface area is 131 Å². The molecule has 1 unspecified atom stereocenters. The number of nitrogens with zero attached hydrogens (tertiary/aromatic N) is 3. The van der Waals surface area contributed by atoms with Crippen LogP contribution in [0.15, 0.2) is 4.79 Å². The van der Waals surface area contributed by atoms with Gasteiger partial charge < -0.3 is 4.90 Å². The predicted octanol–water partition coefficient (Wildman–Crippen LogP) is 1.45. The number of carbonyl (C=O) groups is 1. The largest absolute Gasteiger partial charge is 0.340 e. The first-order chi connectivity index (χ1) is 10.6. The highest BCUT2D eigenvalue weighted by molar-refractivity contribution is 7.13. The van der Waals surface area contributed by atoms with Crippen molar-refractivity contribution in [3.05, 3.63) is 31.9 Å². The molecule has 0 spiro atoms. The summed E-state index contributed by atoms with van der Waals surface area (Å²) in [5, 5.41) is 7.38. The fraction of sp³-hybridized carbons (Fsp3) is 0.571. The zero-order valence-corrected chi connectivity index (χ0v) is 13.5. The Hall–Kier alpha value is -1.96. The maximum Gasteiger partial charge on any atom is 0.340 e. The number of hydrogen-bond donors (Lipinski definition) is 2. The highest BCUT2D eigenvalue weighted by atomic mass is 32.1. The molecule has 1 fully saturated rings. The molecule has 8 heteroatoms. The first-order valence-corrected chi connectivity index (χ1v) is 8.30. The topological polar surface area (TPSA) is 94.7 Å². The molecule has 0 bridgehead atoms. The van der Waals surface area contributed by atoms with Gasteiger partial charge in [-0.1, -0.05) is 6.92 Å². The van der Waals surface area contributed by atoms with E-state index in [9.17, 15) is 9.59 Å². The van der Waals surface area contributed by atoms with Crippen LogP contribution in [-0.4, -0.2) is 44.1 Å². The number of piperidine rings is 1. The maximum absolute atomic E-state index is 12.7. The lowest BCUT2D eigenvalue weighted by Gasteiger charge is -2.31. The lowest BCUT2D eigenvalue weighted by Crippen LogP contribution is -2.39. The predicted molar refractivity (Wildman–Crippen MR) is 83.3 cm³/mol. The monoisotopic (exact) mass is 321 g/mol. The number of carbonyl (C=O) groups excluding carboxylic acids is 1. The van der Waals surface area contributed by atoms with E-state index in [0.29, 0.717) is 12.4 Å². The van der Waals surface area contributed by atoms with Crippen LogP contribution in [0.1, 0.15) is 51.9 Å². The zero-order valence-electron chi connectivity index (χ0n) is 12.7. The molecule has 1 atom stereocenters. The molecule has 1 saturated heterocycles. The fourth-order valence-electron chi connectivity index (χ4n) is 2.81. The van der Waals surface area contributed by atoms with E-state index in [4.69, 9.17) is 0 Å². The molecule has 2 aromatic rings. The first-order valence-electron chi connectivity index (χ1n) is 7.48. The molecule has 118 valence electrons. The van der Waals surface area contributed by atoms with Crippen molar-refractivity contribution in [1.82, 2.24) is 25.1 Å². The summed E-state index contributed by atoms with van der Waals surface area (Å²) < 4.78 is 0. The molecule has 0 aliphatic carbocycles. The van der Waals surface area contributed by atoms with E-state index in [1.54, 1.807) is 0 Å². The number of rotatable bonds is 3. The lowest BCUT2D eigenvalue weighted by molar-refractivity contribution is 0.0708. The van der Waals surface area contributed by atoms with Gasteiger partial charge in [0.2, 0.25) is 0 Å². The van der Waals surface area contributed by atoms with E-state index in [1.165, 1.54) is 11.3 Å². The van der Waals surface area contributed by atoms with E-state index in [2.05, 4.69) is 20.2 Å². The van der Waals surface area contributed by atoms with E-state index in [1.807, 2.05) is 18.7 Å². The molecule has 7 nitrogen and oxygen atoms in total. The Balaban J connectivity index is 1.77. The molecule has 0 saturated carbocycles. The molecule has 1 aliphatic rings. The van der Waals surface area contributed by atoms with Crippen molar-refractivity contribution in [2.75, 3.05) is 13.1 Å². The maximum atomic E-state index is 12.7. The molecule has 1 aliphatic heterocycles. The van der Waals surface area contributed by atoms with Gasteiger partial charge in [0.25, 0.3) is 5.91 Å². The number of amides is 1. The molecule has 2 aromatic heterocycles. The minimum atomic E-state index is -0.302. The van der Waals surface area contributed by atoms with Gasteiger partial charge in [0, 0.05) is 19.0 Å². The van der Waals surface area contributed by atoms with Crippen molar-refractivity contribution in [3.63, 3.8) is 0 Å². The Morgan fingerprint density at radius 2 is 2.32 bits per heavy atom. The minimum Gasteiger partial charge on any atom is -0.337 e. The van der Waals surface area contributed by atoms with E-state index in [0.717, 1.165) is 41.4 Å². The van der Waals surface area contributed by atoms with Crippen molar-refractivity contribution >= 4 is 17.2 Å². The number of aryl methyl sites for hydroxylation is 2. The van der Waals surface area contributed by atoms with Crippen LogP contribution in [0.4, 0.5) is 0 Å². The van der Waals surface area contributed by atoms with Crippen LogP contribution in [-0.2, 0) is 6.42 Å². The summed E-state index contributed by atoms with van der Waals surface area (Å²) in [6.45, 7) is 5.24. The molecule has 3 rings (SSSR count). The Morgan fingerprint density at radius 3 is 2.95 bits per heavy atom. The van der Waals surface area contributed by atoms with Crippen molar-refractivity contribution in [2.45, 2.75) is 39.0 Å². The third kappa shape index (κ3) is 2.83. The fourth-order valence-corrected chi connectivity index (χ4v) is 3.78. The highest BCUT2D eigenvalue weighted by Gasteiger charge is 2.29. The molecule has 2 N–H and O–H groups in total. The van der Waals surface area contributed by atoms with Gasteiger partial charge in [-0.25, -0.2) is 14.9 Å². The second kappa shape index (κ2) is 6.04. The number of aromatic nitrogens is 4. The number of thiazole rings is 1. The third-order valence-corrected chi connectivity index (χ3v) is 5.24. The molecular formula is C14H19N5O2S. The number of likely N-dealkylation sites (tertiary alicyclic amines) is 1. The number of nitrogens with one attached hydrogen (secondary N) is 2. The van der Waals surface area contributed by atoms with Crippen LogP contribution in [0.25, 0.3) is 0 Å². The Bertz CT molecular complexity index is 732. The average Bonchev–Trinajstić information content (AvgIpc) is 3.12. The van der Waals surface area contributed by atoms with Crippen LogP contribution in [0.2, 0.25) is 0 Å². The van der Waals surface area contributed by atoms with Crippen LogP contribution in [0, 0.1) is 6.92 Å². The Morgan fingerprint density at radius 1 is 1.50 bits per heavy atom. The summed E-state index contributed by atoms with van der Waals surface area (Å²) in [5.74, 6) is 0.755. The van der Waals surface area contributed by atoms with Crippen LogP contribution in [0.5, 0.6) is 0 Å². The van der Waals surface area contributed by atoms with Crippen molar-refractivity contribution in [3.8, 4) is 0 Å². The van der Waals surface area contributed by atoms with E-state index >= 15 is 0 Å². The van der Waals surface area contributed by atoms with E-state index in [-0.39, 0.29) is 17.5 Å². The molecule has 3 heterocycles. The number of H-pyrrole nitrogens is 2. The van der Waals surface area contributed by atoms with Gasteiger partial charge in [0.05, 0.1) is 10.7 Å². The number of hydrogen-bond acceptors (Lipinski definition) is 5. The summed E-state index contributed by atoms with van der Waals surface area (Å²) >= 11 is 1.48. The highest BCUT2D eigenvalue weighted by Crippen LogP contribution is 2.27. The summed E-state index contributed by atoms with van der Waals surface area (Å²) in [5.41, 5.74) is 0.506. The quantitative estimate of drug-likeness (QED) is 0.894. The smallest absolute Gasteiger partial charge is 0.337 e. The van der Waals surface area contributed by atoms with Crippen molar-refractivity contribution in [1.29, 1.82) is 0 Å². The third-order valence-electron chi connectivity index (χ3n) is 3.95. The summed E-state index contributed by atoms with van der Waals surface area (Å²) in [6.07, 6.45) is 2.67. The van der Waals surface area contributed by atoms with Crippen LogP contribution >= 0.6 is 11.3 Å². The zero-order chi connectivity index (χ0) is 15.7. The molecular weight excluding hydrogens is 302 g/mol. The molecule has 22 heavy (non-hydrogen) atoms. The number of aromatic amines is 2. The molecule has 0 aromatic carbocycles. The lowest BCUT2D eigenvalue weighted by atomic mass is 9.97.